The van der Waals surface area contributed by atoms with Gasteiger partial charge in [0.2, 0.25) is 11.1 Å². The van der Waals surface area contributed by atoms with Gasteiger partial charge in [0.15, 0.2) is 11.5 Å². The van der Waals surface area contributed by atoms with E-state index in [1.165, 1.54) is 0 Å². The quantitative estimate of drug-likeness (QED) is 0.231. The Bertz CT molecular complexity index is 1370. The van der Waals surface area contributed by atoms with Crippen LogP contribution in [0.2, 0.25) is 0 Å². The van der Waals surface area contributed by atoms with Crippen LogP contribution in [0.3, 0.4) is 0 Å². The number of allylic oxidation sites excluding steroid dienone is 1. The summed E-state index contributed by atoms with van der Waals surface area (Å²) in [5.41, 5.74) is 2.55. The molecule has 1 aliphatic heterocycles. The molecule has 0 fully saturated rings. The molecule has 2 heterocycles. The summed E-state index contributed by atoms with van der Waals surface area (Å²) >= 11 is 5.24. The second-order valence-corrected chi connectivity index (χ2v) is 11.1. The van der Waals surface area contributed by atoms with Crippen molar-refractivity contribution in [1.82, 2.24) is 14.8 Å². The molecule has 1 unspecified atom stereocenters. The number of nitrogens with one attached hydrogen (secondary N) is 2. The maximum absolute atomic E-state index is 14.0. The third-order valence-electron chi connectivity index (χ3n) is 5.87. The predicted octanol–water partition coefficient (Wildman–Crippen LogP) is 6.66. The van der Waals surface area contributed by atoms with E-state index in [2.05, 4.69) is 33.5 Å². The highest BCUT2D eigenvalue weighted by Crippen LogP contribution is 2.43. The van der Waals surface area contributed by atoms with E-state index in [0.29, 0.717) is 56.4 Å². The standard InChI is InChI=1S/C28H34BrN5O4S/c1-7-13-39-28-32-27-30-17(5)23(26(35)31-20-11-9-10-12-21(20)37-8-2)24(34(27)33-28)18-14-19(29)25(38-16(3)4)22(15-18)36-6/h9-12,14-16,24H,7-8,13H2,1-6H3,(H,31,35)(H,30,32,33). The molecule has 1 aromatic heterocycles. The number of nitrogens with zero attached hydrogens (tertiary/aromatic N) is 3. The number of rotatable bonds is 11. The fourth-order valence-corrected chi connectivity index (χ4v) is 5.51. The number of hydrogen-bond donors (Lipinski definition) is 2. The van der Waals surface area contributed by atoms with E-state index in [0.717, 1.165) is 17.7 Å². The first-order valence-corrected chi connectivity index (χ1v) is 14.7. The van der Waals surface area contributed by atoms with E-state index in [4.69, 9.17) is 24.3 Å². The van der Waals surface area contributed by atoms with Crippen LogP contribution in [0, 0.1) is 0 Å². The van der Waals surface area contributed by atoms with Crippen molar-refractivity contribution >= 4 is 45.2 Å². The molecule has 0 aliphatic carbocycles. The van der Waals surface area contributed by atoms with Gasteiger partial charge in [0.1, 0.15) is 11.8 Å². The van der Waals surface area contributed by atoms with Crippen LogP contribution < -0.4 is 24.8 Å². The molecule has 0 bridgehead atoms. The van der Waals surface area contributed by atoms with Crippen LogP contribution in [0.1, 0.15) is 52.6 Å². The van der Waals surface area contributed by atoms with E-state index in [9.17, 15) is 4.79 Å². The Labute approximate surface area is 241 Å². The molecule has 1 atom stereocenters. The zero-order valence-corrected chi connectivity index (χ0v) is 25.4. The zero-order valence-electron chi connectivity index (χ0n) is 23.0. The lowest BCUT2D eigenvalue weighted by atomic mass is 9.94. The average Bonchev–Trinajstić information content (AvgIpc) is 3.30. The summed E-state index contributed by atoms with van der Waals surface area (Å²) in [6.45, 7) is 10.3. The van der Waals surface area contributed by atoms with E-state index in [1.807, 2.05) is 64.1 Å². The molecular formula is C28H34BrN5O4S. The van der Waals surface area contributed by atoms with Gasteiger partial charge in [0, 0.05) is 11.4 Å². The van der Waals surface area contributed by atoms with Gasteiger partial charge >= 0.3 is 0 Å². The minimum absolute atomic E-state index is 0.0473. The van der Waals surface area contributed by atoms with Gasteiger partial charge in [0.05, 0.1) is 35.6 Å². The number of hydrogen-bond acceptors (Lipinski definition) is 8. The normalized spacial score (nSPS) is 14.6. The summed E-state index contributed by atoms with van der Waals surface area (Å²) < 4.78 is 19.9. The van der Waals surface area contributed by atoms with Gasteiger partial charge in [-0.15, -0.1) is 5.10 Å². The van der Waals surface area contributed by atoms with Crippen molar-refractivity contribution in [1.29, 1.82) is 0 Å². The Morgan fingerprint density at radius 1 is 1.23 bits per heavy atom. The van der Waals surface area contributed by atoms with E-state index < -0.39 is 6.04 Å². The number of benzene rings is 2. The maximum atomic E-state index is 14.0. The maximum Gasteiger partial charge on any atom is 0.255 e. The Kier molecular flexibility index (Phi) is 9.45. The van der Waals surface area contributed by atoms with Crippen molar-refractivity contribution in [3.8, 4) is 17.2 Å². The molecule has 0 saturated heterocycles. The van der Waals surface area contributed by atoms with Crippen LogP contribution in [0.4, 0.5) is 11.6 Å². The van der Waals surface area contributed by atoms with Gasteiger partial charge in [-0.3, -0.25) is 4.79 Å². The number of anilines is 2. The second-order valence-electron chi connectivity index (χ2n) is 9.16. The third-order valence-corrected chi connectivity index (χ3v) is 7.50. The molecule has 11 heteroatoms. The molecule has 1 amide bonds. The minimum atomic E-state index is -0.581. The fourth-order valence-electron chi connectivity index (χ4n) is 4.28. The number of methoxy groups -OCH3 is 1. The van der Waals surface area contributed by atoms with Crippen LogP contribution in [-0.2, 0) is 4.79 Å². The Morgan fingerprint density at radius 3 is 2.69 bits per heavy atom. The first-order valence-electron chi connectivity index (χ1n) is 12.9. The van der Waals surface area contributed by atoms with E-state index >= 15 is 0 Å². The molecule has 0 saturated carbocycles. The highest BCUT2D eigenvalue weighted by molar-refractivity contribution is 9.10. The Balaban J connectivity index is 1.83. The average molecular weight is 617 g/mol. The van der Waals surface area contributed by atoms with Crippen LogP contribution in [0.25, 0.3) is 0 Å². The molecule has 0 spiro atoms. The van der Waals surface area contributed by atoms with E-state index in [-0.39, 0.29) is 12.0 Å². The lowest BCUT2D eigenvalue weighted by Gasteiger charge is -2.29. The molecule has 0 radical (unpaired) electrons. The number of amides is 1. The minimum Gasteiger partial charge on any atom is -0.493 e. The van der Waals surface area contributed by atoms with Crippen LogP contribution in [0.15, 0.2) is 57.3 Å². The van der Waals surface area contributed by atoms with Gasteiger partial charge < -0.3 is 24.8 Å². The molecule has 2 aromatic carbocycles. The number of ether oxygens (including phenoxy) is 3. The molecule has 9 nitrogen and oxygen atoms in total. The smallest absolute Gasteiger partial charge is 0.255 e. The van der Waals surface area contributed by atoms with Crippen LogP contribution in [-0.4, -0.2) is 46.2 Å². The van der Waals surface area contributed by atoms with Crippen molar-refractivity contribution < 1.29 is 19.0 Å². The number of halogens is 1. The van der Waals surface area contributed by atoms with Gasteiger partial charge in [-0.1, -0.05) is 30.8 Å². The fraction of sp³-hybridized carbons (Fsp3) is 0.393. The number of para-hydroxylation sites is 2. The third kappa shape index (κ3) is 6.36. The number of carbonyl (C=O) groups is 1. The van der Waals surface area contributed by atoms with Gasteiger partial charge in [-0.05, 0) is 79.9 Å². The number of fused-ring (bicyclic) bond motifs is 1. The first-order chi connectivity index (χ1) is 18.8. The monoisotopic (exact) mass is 615 g/mol. The van der Waals surface area contributed by atoms with Crippen molar-refractivity contribution in [3.63, 3.8) is 0 Å². The van der Waals surface area contributed by atoms with Gasteiger partial charge in [0.25, 0.3) is 5.91 Å². The summed E-state index contributed by atoms with van der Waals surface area (Å²) in [6.07, 6.45) is 0.950. The largest absolute Gasteiger partial charge is 0.493 e. The summed E-state index contributed by atoms with van der Waals surface area (Å²) in [5.74, 6) is 2.93. The number of carbonyl (C=O) groups excluding carboxylic acids is 1. The van der Waals surface area contributed by atoms with Crippen LogP contribution >= 0.6 is 27.7 Å². The molecule has 4 rings (SSSR count). The Hall–Kier alpha value is -3.18. The number of aromatic nitrogens is 3. The van der Waals surface area contributed by atoms with Crippen LogP contribution in [0.5, 0.6) is 17.2 Å². The topological polar surface area (TPSA) is 99.5 Å². The SMILES string of the molecule is CCCSc1nc2n(n1)C(c1cc(Br)c(OC(C)C)c(OC)c1)C(C(=O)Nc1ccccc1OCC)=C(C)N2. The van der Waals surface area contributed by atoms with E-state index in [1.54, 1.807) is 23.6 Å². The lowest BCUT2D eigenvalue weighted by molar-refractivity contribution is -0.113. The first kappa shape index (κ1) is 28.8. The zero-order chi connectivity index (χ0) is 28.1. The summed E-state index contributed by atoms with van der Waals surface area (Å²) in [5, 5.41) is 11.8. The predicted molar refractivity (Wildman–Crippen MR) is 158 cm³/mol. The van der Waals surface area contributed by atoms with Gasteiger partial charge in [-0.2, -0.15) is 4.98 Å². The van der Waals surface area contributed by atoms with Gasteiger partial charge in [-0.25, -0.2) is 4.68 Å². The highest BCUT2D eigenvalue weighted by Gasteiger charge is 2.35. The van der Waals surface area contributed by atoms with Crippen molar-refractivity contribution in [2.75, 3.05) is 30.1 Å². The molecular weight excluding hydrogens is 582 g/mol. The molecule has 2 N–H and O–H groups in total. The van der Waals surface area contributed by atoms with Crippen molar-refractivity contribution in [3.05, 3.63) is 57.7 Å². The summed E-state index contributed by atoms with van der Waals surface area (Å²) in [7, 11) is 1.60. The number of thioether (sulfide) groups is 1. The molecule has 208 valence electrons. The second kappa shape index (κ2) is 12.8. The summed E-state index contributed by atoms with van der Waals surface area (Å²) in [4.78, 5) is 18.7. The van der Waals surface area contributed by atoms with Crippen molar-refractivity contribution in [2.45, 2.75) is 58.3 Å². The lowest BCUT2D eigenvalue weighted by Crippen LogP contribution is -2.31. The Morgan fingerprint density at radius 2 is 2.00 bits per heavy atom. The molecule has 39 heavy (non-hydrogen) atoms. The highest BCUT2D eigenvalue weighted by atomic mass is 79.9. The molecule has 3 aromatic rings. The molecule has 1 aliphatic rings. The van der Waals surface area contributed by atoms with Crippen molar-refractivity contribution in [2.24, 2.45) is 0 Å². The summed E-state index contributed by atoms with van der Waals surface area (Å²) in [6, 6.07) is 10.6.